The smallest absolute Gasteiger partial charge is 0.462 e. The summed E-state index contributed by atoms with van der Waals surface area (Å²) in [7, 11) is -10.0. The lowest BCUT2D eigenvalue weighted by atomic mass is 10.1. The van der Waals surface area contributed by atoms with Crippen LogP contribution in [-0.4, -0.2) is 96.7 Å². The van der Waals surface area contributed by atoms with E-state index >= 15 is 0 Å². The number of phosphoric ester groups is 2. The van der Waals surface area contributed by atoms with Gasteiger partial charge in [0.2, 0.25) is 0 Å². The van der Waals surface area contributed by atoms with Crippen molar-refractivity contribution >= 4 is 39.5 Å². The molecule has 19 heteroatoms. The maximum atomic E-state index is 13.1. The second-order valence-electron chi connectivity index (χ2n) is 25.5. The molecule has 5 unspecified atom stereocenters. The topological polar surface area (TPSA) is 237 Å². The average molecular weight is 1540 g/mol. The molecule has 0 aliphatic rings. The molecule has 0 amide bonds. The zero-order valence-electron chi connectivity index (χ0n) is 66.2. The van der Waals surface area contributed by atoms with Gasteiger partial charge in [0.05, 0.1) is 26.4 Å². The second kappa shape index (κ2) is 78.5. The number of carbonyl (C=O) groups excluding carboxylic acids is 4. The number of ether oxygens (including phenoxy) is 4. The Balaban J connectivity index is 5.55. The van der Waals surface area contributed by atoms with Crippen molar-refractivity contribution in [3.63, 3.8) is 0 Å². The van der Waals surface area contributed by atoms with E-state index in [0.29, 0.717) is 38.5 Å². The van der Waals surface area contributed by atoms with Gasteiger partial charge in [-0.15, -0.1) is 0 Å². The molecule has 606 valence electrons. The van der Waals surface area contributed by atoms with Gasteiger partial charge in [-0.1, -0.05) is 272 Å². The number of rotatable bonds is 72. The van der Waals surface area contributed by atoms with Gasteiger partial charge in [-0.3, -0.25) is 37.3 Å². The minimum atomic E-state index is -5.02. The summed E-state index contributed by atoms with van der Waals surface area (Å²) >= 11 is 0. The molecule has 0 bridgehead atoms. The normalized spacial score (nSPS) is 15.0. The molecular weight excluding hydrogens is 1400 g/mol. The summed E-state index contributed by atoms with van der Waals surface area (Å²) in [6, 6.07) is 0. The molecule has 0 saturated heterocycles. The molecule has 5 atom stereocenters. The van der Waals surface area contributed by atoms with Crippen molar-refractivity contribution in [3.8, 4) is 0 Å². The number of unbranched alkanes of at least 4 members (excludes halogenated alkanes) is 10. The number of carbonyl (C=O) groups is 4. The van der Waals surface area contributed by atoms with Crippen LogP contribution in [0.3, 0.4) is 0 Å². The largest absolute Gasteiger partial charge is 0.472 e. The highest BCUT2D eigenvalue weighted by Gasteiger charge is 2.30. The molecule has 0 aliphatic heterocycles. The van der Waals surface area contributed by atoms with Gasteiger partial charge in [0.25, 0.3) is 0 Å². The Labute approximate surface area is 651 Å². The van der Waals surface area contributed by atoms with Crippen LogP contribution in [0, 0.1) is 0 Å². The monoisotopic (exact) mass is 1540 g/mol. The molecule has 0 heterocycles. The Morgan fingerprint density at radius 1 is 0.259 bits per heavy atom. The Kier molecular flexibility index (Phi) is 73.7. The molecule has 17 nitrogen and oxygen atoms in total. The van der Waals surface area contributed by atoms with Gasteiger partial charge in [0.1, 0.15) is 19.3 Å². The summed E-state index contributed by atoms with van der Waals surface area (Å²) in [6.07, 6.45) is 99.3. The van der Waals surface area contributed by atoms with E-state index in [9.17, 15) is 43.2 Å². The summed E-state index contributed by atoms with van der Waals surface area (Å²) in [6.45, 7) is 4.19. The third kappa shape index (κ3) is 77.5. The third-order valence-corrected chi connectivity index (χ3v) is 17.3. The van der Waals surface area contributed by atoms with Crippen molar-refractivity contribution in [1.29, 1.82) is 0 Å². The number of phosphoric acid groups is 2. The van der Waals surface area contributed by atoms with Gasteiger partial charge in [-0.2, -0.15) is 0 Å². The Bertz CT molecular complexity index is 2910. The van der Waals surface area contributed by atoms with Crippen molar-refractivity contribution in [2.45, 2.75) is 277 Å². The molecule has 0 rings (SSSR count). The lowest BCUT2D eigenvalue weighted by Gasteiger charge is -2.21. The maximum absolute atomic E-state index is 13.1. The van der Waals surface area contributed by atoms with Crippen LogP contribution in [0.15, 0.2) is 219 Å². The molecule has 0 fully saturated rings. The Hall–Kier alpha value is -6.62. The lowest BCUT2D eigenvalue weighted by molar-refractivity contribution is -0.161. The highest BCUT2D eigenvalue weighted by Crippen LogP contribution is 2.45. The van der Waals surface area contributed by atoms with E-state index in [1.165, 1.54) is 0 Å². The van der Waals surface area contributed by atoms with E-state index in [1.54, 1.807) is 0 Å². The maximum Gasteiger partial charge on any atom is 0.472 e. The molecule has 0 radical (unpaired) electrons. The van der Waals surface area contributed by atoms with E-state index in [2.05, 4.69) is 222 Å². The van der Waals surface area contributed by atoms with Crippen molar-refractivity contribution < 1.29 is 80.2 Å². The quantitative estimate of drug-likeness (QED) is 0.0169. The van der Waals surface area contributed by atoms with E-state index in [4.69, 9.17) is 37.0 Å². The van der Waals surface area contributed by atoms with Crippen LogP contribution >= 0.6 is 15.6 Å². The van der Waals surface area contributed by atoms with Crippen molar-refractivity contribution in [1.82, 2.24) is 0 Å². The fourth-order valence-electron chi connectivity index (χ4n) is 9.51. The zero-order chi connectivity index (χ0) is 78.9. The van der Waals surface area contributed by atoms with Crippen LogP contribution in [0.2, 0.25) is 0 Å². The van der Waals surface area contributed by atoms with Crippen LogP contribution in [0.5, 0.6) is 0 Å². The molecule has 0 spiro atoms. The zero-order valence-corrected chi connectivity index (χ0v) is 68.0. The minimum absolute atomic E-state index is 0.00266. The van der Waals surface area contributed by atoms with Crippen molar-refractivity contribution in [3.05, 3.63) is 219 Å². The third-order valence-electron chi connectivity index (χ3n) is 15.4. The first-order chi connectivity index (χ1) is 52.7. The summed E-state index contributed by atoms with van der Waals surface area (Å²) < 4.78 is 68.5. The molecule has 0 aromatic rings. The fraction of sp³-hybridized carbons (Fsp3) is 0.551. The first-order valence-corrected chi connectivity index (χ1v) is 43.0. The number of hydrogen-bond acceptors (Lipinski definition) is 15. The van der Waals surface area contributed by atoms with Crippen LogP contribution < -0.4 is 0 Å². The molecule has 3 N–H and O–H groups in total. The van der Waals surface area contributed by atoms with E-state index in [-0.39, 0.29) is 25.7 Å². The molecule has 108 heavy (non-hydrogen) atoms. The molecule has 0 aromatic heterocycles. The van der Waals surface area contributed by atoms with Gasteiger partial charge >= 0.3 is 39.5 Å². The van der Waals surface area contributed by atoms with Crippen LogP contribution in [0.4, 0.5) is 0 Å². The van der Waals surface area contributed by atoms with Crippen LogP contribution in [0.1, 0.15) is 259 Å². The van der Waals surface area contributed by atoms with E-state index in [0.717, 1.165) is 167 Å². The lowest BCUT2D eigenvalue weighted by Crippen LogP contribution is -2.30. The first-order valence-electron chi connectivity index (χ1n) is 40.0. The second-order valence-corrected chi connectivity index (χ2v) is 28.4. The van der Waals surface area contributed by atoms with Crippen LogP contribution in [-0.2, 0) is 65.4 Å². The number of allylic oxidation sites excluding steroid dienone is 36. The summed E-state index contributed by atoms with van der Waals surface area (Å²) in [5.74, 6) is -2.40. The average Bonchev–Trinajstić information content (AvgIpc) is 0.906. The number of hydrogen-bond donors (Lipinski definition) is 3. The van der Waals surface area contributed by atoms with Gasteiger partial charge in [-0.05, 0) is 180 Å². The predicted molar refractivity (Wildman–Crippen MR) is 445 cm³/mol. The summed E-state index contributed by atoms with van der Waals surface area (Å²) in [4.78, 5) is 73.1. The predicted octanol–water partition coefficient (Wildman–Crippen LogP) is 23.7. The SMILES string of the molecule is CC/C=C\C/C=C\C/C=C\C/C=C\C/C=C\CCCCCC(=O)OCC(COP(=O)(O)OCC(O)COP(=O)(O)OCC(COC(=O)CCC/C=C\C/C=C\C/C=C\C/C=C\C/C=C\CC)OC(=O)CCCCCCC/C=C\C/C=C\C/C=C\CC)OC(=O)CCC/C=C\C/C=C\C/C=C\C/C=C\C/C=C\CC. The summed E-state index contributed by atoms with van der Waals surface area (Å²) in [5, 5.41) is 10.6. The number of aliphatic hydroxyl groups is 1. The number of aliphatic hydroxyl groups excluding tert-OH is 1. The standard InChI is InChI=1S/C89H138O17P2/c1-5-9-13-17-21-25-29-33-37-40-41-44-47-50-54-58-62-66-70-74-87(92)100-80-85(106-89(94)76-72-68-64-60-56-52-48-43-39-35-31-27-23-19-15-11-7-3)82-104-108(97,98)102-78-83(90)77-101-107(95,96)103-81-84(105-88(93)75-71-67-63-59-55-51-45-36-32-28-24-20-16-12-8-4)79-99-86(91)73-69-65-61-57-53-49-46-42-38-34-30-26-22-18-14-10-6-2/h9-16,21-28,33-39,41,44-46,48-50,52,54,57,60-61,64,83-85,90H,5-8,17-20,29-32,40,42-43,47,51,53,55-56,58-59,62-63,65-82H2,1-4H3,(H,95,96)(H,97,98)/b13-9-,14-10-,15-11-,16-12-,25-21-,26-22-,27-23-,28-24-,37-33-,38-34-,39-35-,44-41-,45-36-,49-46-,52-48-,54-50-,61-57-,64-60-. The van der Waals surface area contributed by atoms with Gasteiger partial charge in [-0.25, -0.2) is 9.13 Å². The molecular formula is C89H138O17P2. The number of esters is 4. The fourth-order valence-corrected chi connectivity index (χ4v) is 11.1. The van der Waals surface area contributed by atoms with Crippen molar-refractivity contribution in [2.75, 3.05) is 39.6 Å². The Morgan fingerprint density at radius 3 is 0.750 bits per heavy atom. The van der Waals surface area contributed by atoms with E-state index < -0.39 is 97.5 Å². The summed E-state index contributed by atoms with van der Waals surface area (Å²) in [5.41, 5.74) is 0. The minimum Gasteiger partial charge on any atom is -0.462 e. The molecule has 0 saturated carbocycles. The van der Waals surface area contributed by atoms with E-state index in [1.807, 2.05) is 24.3 Å². The molecule has 0 aromatic carbocycles. The first kappa shape index (κ1) is 101. The van der Waals surface area contributed by atoms with Gasteiger partial charge in [0, 0.05) is 25.7 Å². The molecule has 0 aliphatic carbocycles. The van der Waals surface area contributed by atoms with Gasteiger partial charge < -0.3 is 33.8 Å². The van der Waals surface area contributed by atoms with Crippen molar-refractivity contribution in [2.24, 2.45) is 0 Å². The highest BCUT2D eigenvalue weighted by molar-refractivity contribution is 7.47. The van der Waals surface area contributed by atoms with Crippen LogP contribution in [0.25, 0.3) is 0 Å². The Morgan fingerprint density at radius 2 is 0.463 bits per heavy atom. The highest BCUT2D eigenvalue weighted by atomic mass is 31.2. The van der Waals surface area contributed by atoms with Gasteiger partial charge in [0.15, 0.2) is 12.2 Å².